The molecule has 1 saturated heterocycles. The van der Waals surface area contributed by atoms with Crippen LogP contribution in [0.1, 0.15) is 18.5 Å². The number of likely N-dealkylation sites (tertiary alicyclic amines) is 1. The first kappa shape index (κ1) is 18.9. The molecule has 1 fully saturated rings. The van der Waals surface area contributed by atoms with Crippen molar-refractivity contribution in [3.8, 4) is 5.75 Å². The van der Waals surface area contributed by atoms with Crippen LogP contribution in [0, 0.1) is 5.92 Å². The number of nitrogens with one attached hydrogen (secondary N) is 3. The number of nitrogens with zero attached hydrogens (tertiary/aromatic N) is 2. The van der Waals surface area contributed by atoms with Crippen LogP contribution in [0.25, 0.3) is 0 Å². The number of rotatable bonds is 6. The largest absolute Gasteiger partial charge is 0.491 e. The third kappa shape index (κ3) is 5.30. The molecule has 3 rings (SSSR count). The van der Waals surface area contributed by atoms with Crippen molar-refractivity contribution in [3.05, 3.63) is 52.7 Å². The van der Waals surface area contributed by atoms with Crippen molar-refractivity contribution in [2.45, 2.75) is 19.4 Å². The van der Waals surface area contributed by atoms with Gasteiger partial charge >= 0.3 is 6.03 Å². The minimum Gasteiger partial charge on any atom is -0.491 e. The van der Waals surface area contributed by atoms with E-state index in [2.05, 4.69) is 25.5 Å². The van der Waals surface area contributed by atoms with Gasteiger partial charge in [-0.2, -0.15) is 0 Å². The van der Waals surface area contributed by atoms with Gasteiger partial charge in [0.15, 0.2) is 0 Å². The molecule has 0 radical (unpaired) electrons. The third-order valence-corrected chi connectivity index (χ3v) is 4.70. The predicted molar refractivity (Wildman–Crippen MR) is 103 cm³/mol. The average molecular weight is 371 g/mol. The lowest BCUT2D eigenvalue weighted by atomic mass is 9.97. The Hall–Kier alpha value is -2.87. The molecule has 2 amide bonds. The smallest absolute Gasteiger partial charge is 0.319 e. The number of anilines is 1. The number of H-pyrrole nitrogens is 1. The molecule has 1 aliphatic heterocycles. The lowest BCUT2D eigenvalue weighted by Crippen LogP contribution is -2.36. The van der Waals surface area contributed by atoms with Crippen molar-refractivity contribution >= 4 is 11.7 Å². The topological polar surface area (TPSA) is 99.3 Å². The fourth-order valence-electron chi connectivity index (χ4n) is 3.11. The maximum atomic E-state index is 11.7. The summed E-state index contributed by atoms with van der Waals surface area (Å²) in [5.74, 6) is 1.11. The minimum atomic E-state index is -0.274. The van der Waals surface area contributed by atoms with Gasteiger partial charge in [0.05, 0.1) is 12.3 Å². The summed E-state index contributed by atoms with van der Waals surface area (Å²) >= 11 is 0. The van der Waals surface area contributed by atoms with Crippen LogP contribution in [-0.4, -0.2) is 47.6 Å². The van der Waals surface area contributed by atoms with E-state index >= 15 is 0 Å². The summed E-state index contributed by atoms with van der Waals surface area (Å²) in [5.41, 5.74) is 1.09. The zero-order valence-electron chi connectivity index (χ0n) is 15.4. The first-order chi connectivity index (χ1) is 13.2. The van der Waals surface area contributed by atoms with Crippen LogP contribution in [0.5, 0.6) is 5.75 Å². The van der Waals surface area contributed by atoms with Crippen molar-refractivity contribution in [2.75, 3.05) is 32.1 Å². The molecule has 0 saturated carbocycles. The molecule has 8 heteroatoms. The second kappa shape index (κ2) is 9.18. The van der Waals surface area contributed by atoms with E-state index in [1.165, 1.54) is 0 Å². The summed E-state index contributed by atoms with van der Waals surface area (Å²) < 4.78 is 5.97. The Morgan fingerprint density at radius 1 is 1.33 bits per heavy atom. The molecule has 0 atom stereocenters. The maximum absolute atomic E-state index is 11.7. The molecule has 0 spiro atoms. The molecular weight excluding hydrogens is 346 g/mol. The van der Waals surface area contributed by atoms with Crippen molar-refractivity contribution < 1.29 is 9.53 Å². The first-order valence-electron chi connectivity index (χ1n) is 9.11. The normalized spacial score (nSPS) is 15.3. The van der Waals surface area contributed by atoms with Gasteiger partial charge in [0.25, 0.3) is 5.56 Å². The lowest BCUT2D eigenvalue weighted by molar-refractivity contribution is 0.135. The van der Waals surface area contributed by atoms with Crippen molar-refractivity contribution in [3.63, 3.8) is 0 Å². The highest BCUT2D eigenvalue weighted by Gasteiger charge is 2.21. The highest BCUT2D eigenvalue weighted by Crippen LogP contribution is 2.26. The van der Waals surface area contributed by atoms with E-state index in [4.69, 9.17) is 4.74 Å². The van der Waals surface area contributed by atoms with Gasteiger partial charge in [-0.15, -0.1) is 0 Å². The molecule has 2 aromatic rings. The van der Waals surface area contributed by atoms with Crippen LogP contribution in [0.15, 0.2) is 41.5 Å². The number of amides is 2. The molecule has 27 heavy (non-hydrogen) atoms. The summed E-state index contributed by atoms with van der Waals surface area (Å²) in [6.07, 6.45) is 5.15. The van der Waals surface area contributed by atoms with Crippen molar-refractivity contribution in [1.29, 1.82) is 0 Å². The van der Waals surface area contributed by atoms with E-state index in [9.17, 15) is 9.59 Å². The number of carbonyl (C=O) groups excluding carboxylic acids is 1. The van der Waals surface area contributed by atoms with Crippen LogP contribution < -0.4 is 20.9 Å². The number of hydrogen-bond donors (Lipinski definition) is 3. The molecular formula is C19H25N5O3. The Bertz CT molecular complexity index is 815. The number of para-hydroxylation sites is 2. The molecule has 144 valence electrons. The van der Waals surface area contributed by atoms with Gasteiger partial charge < -0.3 is 20.4 Å². The Labute approximate surface area is 158 Å². The molecule has 1 aromatic heterocycles. The van der Waals surface area contributed by atoms with E-state index in [0.29, 0.717) is 36.2 Å². The number of urea groups is 1. The second-order valence-corrected chi connectivity index (χ2v) is 6.60. The van der Waals surface area contributed by atoms with E-state index < -0.39 is 0 Å². The number of carbonyl (C=O) groups is 1. The highest BCUT2D eigenvalue weighted by molar-refractivity contribution is 5.90. The van der Waals surface area contributed by atoms with Gasteiger partial charge in [0, 0.05) is 26.0 Å². The number of aromatic nitrogens is 2. The maximum Gasteiger partial charge on any atom is 0.319 e. The van der Waals surface area contributed by atoms with Crippen LogP contribution >= 0.6 is 0 Å². The summed E-state index contributed by atoms with van der Waals surface area (Å²) in [7, 11) is 1.57. The van der Waals surface area contributed by atoms with Crippen LogP contribution in [0.2, 0.25) is 0 Å². The standard InChI is InChI=1S/C19H25N5O3/c1-20-19(26)23-15-4-2-3-5-17(15)27-13-14-6-10-24(11-7-14)12-16-18(25)22-9-8-21-16/h2-5,8-9,14H,6-7,10-13H2,1H3,(H,22,25)(H2,20,23,26). The number of ether oxygens (including phenoxy) is 1. The van der Waals surface area contributed by atoms with E-state index in [-0.39, 0.29) is 11.6 Å². The van der Waals surface area contributed by atoms with Gasteiger partial charge in [0.2, 0.25) is 0 Å². The quantitative estimate of drug-likeness (QED) is 0.719. The first-order valence-corrected chi connectivity index (χ1v) is 9.11. The van der Waals surface area contributed by atoms with Gasteiger partial charge in [-0.25, -0.2) is 4.79 Å². The SMILES string of the molecule is CNC(=O)Nc1ccccc1OCC1CCN(Cc2ncc[nH]c2=O)CC1. The average Bonchev–Trinajstić information content (AvgIpc) is 2.70. The zero-order chi connectivity index (χ0) is 19.1. The Morgan fingerprint density at radius 3 is 2.85 bits per heavy atom. The lowest BCUT2D eigenvalue weighted by Gasteiger charge is -2.31. The molecule has 0 bridgehead atoms. The van der Waals surface area contributed by atoms with E-state index in [1.807, 2.05) is 24.3 Å². The number of hydrogen-bond acceptors (Lipinski definition) is 5. The number of aromatic amines is 1. The zero-order valence-corrected chi connectivity index (χ0v) is 15.4. The summed E-state index contributed by atoms with van der Waals surface area (Å²) in [6, 6.07) is 7.14. The summed E-state index contributed by atoms with van der Waals surface area (Å²) in [4.78, 5) is 32.3. The highest BCUT2D eigenvalue weighted by atomic mass is 16.5. The van der Waals surface area contributed by atoms with Gasteiger partial charge in [0.1, 0.15) is 11.4 Å². The summed E-state index contributed by atoms with van der Waals surface area (Å²) in [5, 5.41) is 5.30. The molecule has 3 N–H and O–H groups in total. The second-order valence-electron chi connectivity index (χ2n) is 6.60. The molecule has 8 nitrogen and oxygen atoms in total. The third-order valence-electron chi connectivity index (χ3n) is 4.70. The van der Waals surface area contributed by atoms with Crippen LogP contribution in [-0.2, 0) is 6.54 Å². The van der Waals surface area contributed by atoms with Gasteiger partial charge in [-0.1, -0.05) is 12.1 Å². The predicted octanol–water partition coefficient (Wildman–Crippen LogP) is 1.81. The van der Waals surface area contributed by atoms with Gasteiger partial charge in [-0.05, 0) is 44.0 Å². The fraction of sp³-hybridized carbons (Fsp3) is 0.421. The van der Waals surface area contributed by atoms with E-state index in [0.717, 1.165) is 25.9 Å². The Balaban J connectivity index is 1.48. The Morgan fingerprint density at radius 2 is 2.11 bits per heavy atom. The molecule has 1 aromatic carbocycles. The van der Waals surface area contributed by atoms with E-state index in [1.54, 1.807) is 19.4 Å². The minimum absolute atomic E-state index is 0.122. The fourth-order valence-corrected chi connectivity index (χ4v) is 3.11. The van der Waals surface area contributed by atoms with Crippen molar-refractivity contribution in [1.82, 2.24) is 20.2 Å². The Kier molecular flexibility index (Phi) is 6.43. The van der Waals surface area contributed by atoms with Crippen LogP contribution in [0.3, 0.4) is 0 Å². The number of piperidine rings is 1. The van der Waals surface area contributed by atoms with Crippen LogP contribution in [0.4, 0.5) is 10.5 Å². The number of benzene rings is 1. The molecule has 1 aliphatic rings. The molecule has 0 unspecified atom stereocenters. The molecule has 2 heterocycles. The van der Waals surface area contributed by atoms with Gasteiger partial charge in [-0.3, -0.25) is 14.7 Å². The summed E-state index contributed by atoms with van der Waals surface area (Å²) in [6.45, 7) is 2.98. The molecule has 0 aliphatic carbocycles. The monoisotopic (exact) mass is 371 g/mol. The van der Waals surface area contributed by atoms with Crippen molar-refractivity contribution in [2.24, 2.45) is 5.92 Å².